The molecule has 1 amide bonds. The van der Waals surface area contributed by atoms with Gasteiger partial charge in [0.05, 0.1) is 0 Å². The maximum atomic E-state index is 11.9. The van der Waals surface area contributed by atoms with Crippen molar-refractivity contribution >= 4 is 22.8 Å². The van der Waals surface area contributed by atoms with Crippen LogP contribution in [0.5, 0.6) is 0 Å². The van der Waals surface area contributed by atoms with Gasteiger partial charge in [0.1, 0.15) is 11.9 Å². The molecule has 0 bridgehead atoms. The molecule has 2 aromatic heterocycles. The topological polar surface area (TPSA) is 81.0 Å². The molecule has 2 N–H and O–H groups in total. The number of carbonyl (C=O) groups is 1. The van der Waals surface area contributed by atoms with Crippen molar-refractivity contribution in [3.63, 3.8) is 0 Å². The summed E-state index contributed by atoms with van der Waals surface area (Å²) in [5.41, 5.74) is 0.650. The third kappa shape index (κ3) is 2.78. The van der Waals surface area contributed by atoms with Crippen LogP contribution in [0.15, 0.2) is 18.6 Å². The summed E-state index contributed by atoms with van der Waals surface area (Å²) >= 11 is 0. The van der Waals surface area contributed by atoms with Gasteiger partial charge in [0.25, 0.3) is 0 Å². The fourth-order valence-corrected chi connectivity index (χ4v) is 2.21. The SMILES string of the molecule is C[C@H]1CC[C@@H](Nc2ncnc3[n-]ccc23)C(=O)N1.[Pt]. The largest absolute Gasteiger partial charge is 0.442 e. The van der Waals surface area contributed by atoms with Gasteiger partial charge in [-0.25, -0.2) is 4.98 Å². The second kappa shape index (κ2) is 5.70. The summed E-state index contributed by atoms with van der Waals surface area (Å²) in [5, 5.41) is 6.96. The van der Waals surface area contributed by atoms with E-state index in [0.29, 0.717) is 11.5 Å². The Hall–Kier alpha value is -1.42. The molecule has 104 valence electrons. The molecule has 6 nitrogen and oxygen atoms in total. The monoisotopic (exact) mass is 439 g/mol. The summed E-state index contributed by atoms with van der Waals surface area (Å²) in [6.07, 6.45) is 4.93. The second-order valence-corrected chi connectivity index (χ2v) is 4.59. The molecule has 1 aliphatic heterocycles. The molecule has 1 aliphatic rings. The van der Waals surface area contributed by atoms with Crippen LogP contribution in [-0.4, -0.2) is 28.0 Å². The summed E-state index contributed by atoms with van der Waals surface area (Å²) in [7, 11) is 0. The molecule has 1 saturated heterocycles. The third-order valence-corrected chi connectivity index (χ3v) is 3.21. The maximum absolute atomic E-state index is 11.9. The number of rotatable bonds is 2. The predicted molar refractivity (Wildman–Crippen MR) is 67.1 cm³/mol. The van der Waals surface area contributed by atoms with Gasteiger partial charge in [0, 0.05) is 38.8 Å². The number of hydrogen-bond donors (Lipinski definition) is 2. The number of amides is 1. The van der Waals surface area contributed by atoms with Gasteiger partial charge < -0.3 is 20.6 Å². The normalized spacial score (nSPS) is 22.7. The number of carbonyl (C=O) groups excluding carboxylic acids is 1. The Morgan fingerprint density at radius 2 is 2.26 bits per heavy atom. The number of piperidine rings is 1. The first-order valence-electron chi connectivity index (χ1n) is 6.03. The summed E-state index contributed by atoms with van der Waals surface area (Å²) in [6.45, 7) is 2.01. The third-order valence-electron chi connectivity index (χ3n) is 3.21. The van der Waals surface area contributed by atoms with Crippen molar-refractivity contribution in [1.29, 1.82) is 0 Å². The van der Waals surface area contributed by atoms with E-state index in [0.717, 1.165) is 18.2 Å². The fourth-order valence-electron chi connectivity index (χ4n) is 2.21. The zero-order valence-corrected chi connectivity index (χ0v) is 12.6. The Morgan fingerprint density at radius 1 is 1.42 bits per heavy atom. The first kappa shape index (κ1) is 14.0. The molecule has 0 aromatic carbocycles. The van der Waals surface area contributed by atoms with E-state index in [1.54, 1.807) is 6.20 Å². The van der Waals surface area contributed by atoms with Gasteiger partial charge in [-0.05, 0) is 25.4 Å². The minimum absolute atomic E-state index is 0. The Labute approximate surface area is 125 Å². The molecular formula is C12H14N5OPt-. The Balaban J connectivity index is 0.00000133. The molecule has 2 aromatic rings. The predicted octanol–water partition coefficient (Wildman–Crippen LogP) is 0.663. The van der Waals surface area contributed by atoms with Crippen molar-refractivity contribution in [1.82, 2.24) is 20.3 Å². The van der Waals surface area contributed by atoms with Gasteiger partial charge in [0.2, 0.25) is 5.91 Å². The molecular weight excluding hydrogens is 425 g/mol. The maximum Gasteiger partial charge on any atom is 0.242 e. The van der Waals surface area contributed by atoms with E-state index in [1.807, 2.05) is 13.0 Å². The van der Waals surface area contributed by atoms with E-state index in [4.69, 9.17) is 0 Å². The molecule has 0 radical (unpaired) electrons. The van der Waals surface area contributed by atoms with E-state index in [1.165, 1.54) is 6.33 Å². The van der Waals surface area contributed by atoms with Crippen molar-refractivity contribution in [2.45, 2.75) is 31.8 Å². The minimum Gasteiger partial charge on any atom is -0.442 e. The Bertz CT molecular complexity index is 584. The number of aromatic nitrogens is 3. The molecule has 7 heteroatoms. The van der Waals surface area contributed by atoms with Crippen LogP contribution < -0.4 is 15.6 Å². The van der Waals surface area contributed by atoms with Crippen molar-refractivity contribution in [2.75, 3.05) is 5.32 Å². The fraction of sp³-hybridized carbons (Fsp3) is 0.417. The number of nitrogens with one attached hydrogen (secondary N) is 2. The van der Waals surface area contributed by atoms with E-state index < -0.39 is 0 Å². The van der Waals surface area contributed by atoms with Crippen LogP contribution in [0.2, 0.25) is 0 Å². The number of hydrogen-bond acceptors (Lipinski definition) is 4. The average Bonchev–Trinajstić information content (AvgIpc) is 2.82. The molecule has 0 aliphatic carbocycles. The van der Waals surface area contributed by atoms with Crippen molar-refractivity contribution in [2.24, 2.45) is 0 Å². The van der Waals surface area contributed by atoms with Crippen molar-refractivity contribution in [3.8, 4) is 0 Å². The van der Waals surface area contributed by atoms with E-state index in [-0.39, 0.29) is 39.1 Å². The van der Waals surface area contributed by atoms with Crippen molar-refractivity contribution < 1.29 is 25.9 Å². The van der Waals surface area contributed by atoms with Crippen LogP contribution in [-0.2, 0) is 25.9 Å². The van der Waals surface area contributed by atoms with E-state index in [2.05, 4.69) is 25.6 Å². The Kier molecular flexibility index (Phi) is 4.20. The quantitative estimate of drug-likeness (QED) is 0.719. The molecule has 3 rings (SSSR count). The van der Waals surface area contributed by atoms with Gasteiger partial charge in [-0.3, -0.25) is 4.79 Å². The molecule has 1 fully saturated rings. The van der Waals surface area contributed by atoms with Gasteiger partial charge in [-0.15, -0.1) is 0 Å². The zero-order chi connectivity index (χ0) is 12.5. The van der Waals surface area contributed by atoms with Crippen LogP contribution >= 0.6 is 0 Å². The molecule has 0 unspecified atom stereocenters. The van der Waals surface area contributed by atoms with Gasteiger partial charge in [0.15, 0.2) is 0 Å². The summed E-state index contributed by atoms with van der Waals surface area (Å²) in [5.74, 6) is 0.701. The van der Waals surface area contributed by atoms with Gasteiger partial charge in [-0.2, -0.15) is 0 Å². The van der Waals surface area contributed by atoms with E-state index >= 15 is 0 Å². The standard InChI is InChI=1S/C12H15N5O.Pt/c1-7-2-3-9(12(18)16-7)17-11-8-4-5-13-10(8)14-6-15-11;/h4-7,9H,2-3H2,1H3,(H3,13,14,15,16,17,18);/p-1/t7-,9+;/m0./s1. The number of nitrogens with zero attached hydrogens (tertiary/aromatic N) is 3. The molecule has 0 saturated carbocycles. The molecule has 2 atom stereocenters. The summed E-state index contributed by atoms with van der Waals surface area (Å²) in [6, 6.07) is 1.87. The van der Waals surface area contributed by atoms with Crippen LogP contribution in [0.25, 0.3) is 11.0 Å². The average molecular weight is 439 g/mol. The minimum atomic E-state index is -0.228. The van der Waals surface area contributed by atoms with Crippen molar-refractivity contribution in [3.05, 3.63) is 18.6 Å². The van der Waals surface area contributed by atoms with Crippen LogP contribution in [0, 0.1) is 0 Å². The van der Waals surface area contributed by atoms with Crippen LogP contribution in [0.4, 0.5) is 5.82 Å². The smallest absolute Gasteiger partial charge is 0.242 e. The summed E-state index contributed by atoms with van der Waals surface area (Å²) in [4.78, 5) is 24.2. The zero-order valence-electron chi connectivity index (χ0n) is 10.4. The summed E-state index contributed by atoms with van der Waals surface area (Å²) < 4.78 is 0. The van der Waals surface area contributed by atoms with Crippen LogP contribution in [0.3, 0.4) is 0 Å². The number of fused-ring (bicyclic) bond motifs is 1. The van der Waals surface area contributed by atoms with Crippen LogP contribution in [0.1, 0.15) is 19.8 Å². The molecule has 0 spiro atoms. The first-order valence-corrected chi connectivity index (χ1v) is 6.03. The van der Waals surface area contributed by atoms with E-state index in [9.17, 15) is 4.79 Å². The van der Waals surface area contributed by atoms with Gasteiger partial charge >= 0.3 is 0 Å². The van der Waals surface area contributed by atoms with Gasteiger partial charge in [-0.1, -0.05) is 12.3 Å². The second-order valence-electron chi connectivity index (χ2n) is 4.59. The first-order chi connectivity index (χ1) is 8.74. The Morgan fingerprint density at radius 3 is 3.05 bits per heavy atom. The molecule has 19 heavy (non-hydrogen) atoms. The number of anilines is 1. The molecule has 3 heterocycles.